The Morgan fingerprint density at radius 2 is 1.40 bits per heavy atom. The van der Waals surface area contributed by atoms with Crippen molar-refractivity contribution in [3.05, 3.63) is 11.3 Å². The lowest BCUT2D eigenvalue weighted by Gasteiger charge is -2.08. The highest BCUT2D eigenvalue weighted by Gasteiger charge is 2.38. The summed E-state index contributed by atoms with van der Waals surface area (Å²) in [6.45, 7) is 1.70. The maximum Gasteiger partial charge on any atom is 0.346 e. The SMILES string of the molecule is CCCCCCCCCCCCCCCC(=O)C1=C(O)C(COS(C)(=O)=O)OC1=O. The number of Topliss-reactive ketones (excluding diaryl/α,β-unsaturated/α-hetero) is 1. The van der Waals surface area contributed by atoms with E-state index in [1.54, 1.807) is 0 Å². The van der Waals surface area contributed by atoms with Crippen LogP contribution in [-0.2, 0) is 28.6 Å². The average Bonchev–Trinajstić information content (AvgIpc) is 2.96. The van der Waals surface area contributed by atoms with Crippen LogP contribution in [0.25, 0.3) is 0 Å². The smallest absolute Gasteiger partial charge is 0.346 e. The Bertz CT molecular complexity index is 667. The minimum atomic E-state index is -3.74. The number of carbonyl (C=O) groups is 2. The Morgan fingerprint density at radius 3 is 1.87 bits per heavy atom. The predicted octanol–water partition coefficient (Wildman–Crippen LogP) is 4.75. The number of aliphatic hydroxyl groups excluding tert-OH is 1. The standard InChI is InChI=1S/C22H38O7S/c1-3-4-5-6-7-8-9-10-11-12-13-14-15-16-18(23)20-21(24)19(29-22(20)25)17-28-30(2,26)27/h19,24H,3-17H2,1-2H3. The zero-order valence-electron chi connectivity index (χ0n) is 18.5. The first-order chi connectivity index (χ1) is 14.3. The number of aliphatic hydroxyl groups is 1. The fourth-order valence-electron chi connectivity index (χ4n) is 3.49. The van der Waals surface area contributed by atoms with Crippen LogP contribution < -0.4 is 0 Å². The molecule has 0 aromatic carbocycles. The van der Waals surface area contributed by atoms with Crippen LogP contribution in [0.4, 0.5) is 0 Å². The van der Waals surface area contributed by atoms with Gasteiger partial charge in [-0.1, -0.05) is 84.0 Å². The van der Waals surface area contributed by atoms with Crippen molar-refractivity contribution in [2.75, 3.05) is 12.9 Å². The lowest BCUT2D eigenvalue weighted by molar-refractivity contribution is -0.142. The summed E-state index contributed by atoms with van der Waals surface area (Å²) < 4.78 is 31.4. The van der Waals surface area contributed by atoms with Gasteiger partial charge < -0.3 is 9.84 Å². The van der Waals surface area contributed by atoms with E-state index in [4.69, 9.17) is 4.74 Å². The van der Waals surface area contributed by atoms with Crippen molar-refractivity contribution in [3.8, 4) is 0 Å². The van der Waals surface area contributed by atoms with Crippen molar-refractivity contribution in [1.82, 2.24) is 0 Å². The molecule has 0 aromatic rings. The fraction of sp³-hybridized carbons (Fsp3) is 0.818. The molecule has 174 valence electrons. The number of hydrogen-bond acceptors (Lipinski definition) is 7. The molecule has 0 saturated heterocycles. The third-order valence-corrected chi connectivity index (χ3v) is 5.80. The highest BCUT2D eigenvalue weighted by atomic mass is 32.2. The van der Waals surface area contributed by atoms with Crippen LogP contribution in [0.15, 0.2) is 11.3 Å². The second-order valence-corrected chi connectivity index (χ2v) is 9.70. The van der Waals surface area contributed by atoms with Crippen molar-refractivity contribution >= 4 is 21.9 Å². The predicted molar refractivity (Wildman–Crippen MR) is 116 cm³/mol. The number of hydrogen-bond donors (Lipinski definition) is 1. The van der Waals surface area contributed by atoms with Gasteiger partial charge in [0.05, 0.1) is 6.26 Å². The van der Waals surface area contributed by atoms with Gasteiger partial charge in [0.2, 0.25) is 0 Å². The molecule has 1 rings (SSSR count). The number of esters is 1. The van der Waals surface area contributed by atoms with Crippen LogP contribution in [0.5, 0.6) is 0 Å². The van der Waals surface area contributed by atoms with E-state index in [9.17, 15) is 23.1 Å². The Balaban J connectivity index is 2.13. The Hall–Kier alpha value is -1.41. The van der Waals surface area contributed by atoms with Crippen molar-refractivity contribution < 1.29 is 32.0 Å². The second kappa shape index (κ2) is 14.6. The molecule has 1 unspecified atom stereocenters. The molecule has 1 aliphatic rings. The molecule has 0 bridgehead atoms. The monoisotopic (exact) mass is 446 g/mol. The molecule has 0 radical (unpaired) electrons. The zero-order valence-corrected chi connectivity index (χ0v) is 19.3. The van der Waals surface area contributed by atoms with Gasteiger partial charge in [-0.15, -0.1) is 0 Å². The molecule has 0 saturated carbocycles. The van der Waals surface area contributed by atoms with E-state index in [-0.39, 0.29) is 12.0 Å². The molecule has 8 heteroatoms. The molecule has 1 N–H and O–H groups in total. The van der Waals surface area contributed by atoms with Gasteiger partial charge in [0, 0.05) is 6.42 Å². The van der Waals surface area contributed by atoms with Gasteiger partial charge in [0.25, 0.3) is 10.1 Å². The summed E-state index contributed by atoms with van der Waals surface area (Å²) in [5.74, 6) is -1.93. The lowest BCUT2D eigenvalue weighted by atomic mass is 10.0. The molecular weight excluding hydrogens is 408 g/mol. The first-order valence-electron chi connectivity index (χ1n) is 11.3. The highest BCUT2D eigenvalue weighted by Crippen LogP contribution is 2.24. The van der Waals surface area contributed by atoms with Gasteiger partial charge in [0.15, 0.2) is 17.6 Å². The quantitative estimate of drug-likeness (QED) is 0.140. The first-order valence-corrected chi connectivity index (χ1v) is 13.1. The van der Waals surface area contributed by atoms with Crippen LogP contribution in [0, 0.1) is 0 Å². The number of rotatable bonds is 18. The summed E-state index contributed by atoms with van der Waals surface area (Å²) in [6.07, 6.45) is 15.3. The second-order valence-electron chi connectivity index (χ2n) is 8.06. The van der Waals surface area contributed by atoms with Crippen LogP contribution in [-0.4, -0.2) is 44.2 Å². The van der Waals surface area contributed by atoms with Crippen LogP contribution in [0.3, 0.4) is 0 Å². The van der Waals surface area contributed by atoms with Crippen LogP contribution in [0.2, 0.25) is 0 Å². The summed E-state index contributed by atoms with van der Waals surface area (Å²) in [4.78, 5) is 24.1. The van der Waals surface area contributed by atoms with Gasteiger partial charge >= 0.3 is 5.97 Å². The Morgan fingerprint density at radius 1 is 0.933 bits per heavy atom. The van der Waals surface area contributed by atoms with E-state index in [0.29, 0.717) is 6.42 Å². The summed E-state index contributed by atoms with van der Waals surface area (Å²) in [5, 5.41) is 10.0. The molecule has 1 atom stereocenters. The third kappa shape index (κ3) is 11.1. The van der Waals surface area contributed by atoms with Gasteiger partial charge in [-0.3, -0.25) is 8.98 Å². The molecule has 7 nitrogen and oxygen atoms in total. The fourth-order valence-corrected chi connectivity index (χ4v) is 3.86. The van der Waals surface area contributed by atoms with Crippen molar-refractivity contribution in [1.29, 1.82) is 0 Å². The van der Waals surface area contributed by atoms with Gasteiger partial charge in [-0.05, 0) is 6.42 Å². The Labute approximate surface area is 181 Å². The summed E-state index contributed by atoms with van der Waals surface area (Å²) in [6, 6.07) is 0. The van der Waals surface area contributed by atoms with Gasteiger partial charge in [-0.2, -0.15) is 8.42 Å². The number of ketones is 1. The minimum absolute atomic E-state index is 0.159. The zero-order chi connectivity index (χ0) is 22.4. The molecule has 0 aliphatic carbocycles. The molecule has 1 aliphatic heterocycles. The Kier molecular flexibility index (Phi) is 12.9. The normalized spacial score (nSPS) is 16.9. The van der Waals surface area contributed by atoms with Crippen LogP contribution >= 0.6 is 0 Å². The molecular formula is C22H38O7S. The van der Waals surface area contributed by atoms with Crippen molar-refractivity contribution in [2.45, 2.75) is 103 Å². The van der Waals surface area contributed by atoms with E-state index in [1.807, 2.05) is 0 Å². The van der Waals surface area contributed by atoms with E-state index in [0.717, 1.165) is 25.5 Å². The summed E-state index contributed by atoms with van der Waals surface area (Å²) in [5.41, 5.74) is -0.379. The molecule has 0 fully saturated rings. The topological polar surface area (TPSA) is 107 Å². The number of carbonyl (C=O) groups excluding carboxylic acids is 2. The number of cyclic esters (lactones) is 1. The summed E-state index contributed by atoms with van der Waals surface area (Å²) >= 11 is 0. The number of ether oxygens (including phenoxy) is 1. The molecule has 0 spiro atoms. The minimum Gasteiger partial charge on any atom is -0.507 e. The first kappa shape index (κ1) is 26.6. The maximum atomic E-state index is 12.2. The molecule has 1 heterocycles. The molecule has 30 heavy (non-hydrogen) atoms. The lowest BCUT2D eigenvalue weighted by Crippen LogP contribution is -2.21. The van der Waals surface area contributed by atoms with Crippen molar-refractivity contribution in [3.63, 3.8) is 0 Å². The van der Waals surface area contributed by atoms with Crippen molar-refractivity contribution in [2.24, 2.45) is 0 Å². The van der Waals surface area contributed by atoms with Crippen LogP contribution in [0.1, 0.15) is 96.8 Å². The molecule has 0 amide bonds. The average molecular weight is 447 g/mol. The van der Waals surface area contributed by atoms with E-state index in [2.05, 4.69) is 11.1 Å². The van der Waals surface area contributed by atoms with E-state index in [1.165, 1.54) is 57.8 Å². The third-order valence-electron chi connectivity index (χ3n) is 5.23. The largest absolute Gasteiger partial charge is 0.507 e. The van der Waals surface area contributed by atoms with Gasteiger partial charge in [-0.25, -0.2) is 4.79 Å². The van der Waals surface area contributed by atoms with Gasteiger partial charge in [0.1, 0.15) is 12.2 Å². The van der Waals surface area contributed by atoms with E-state index < -0.39 is 40.3 Å². The maximum absolute atomic E-state index is 12.2. The summed E-state index contributed by atoms with van der Waals surface area (Å²) in [7, 11) is -3.74. The molecule has 0 aromatic heterocycles. The highest BCUT2D eigenvalue weighted by molar-refractivity contribution is 7.85. The van der Waals surface area contributed by atoms with E-state index >= 15 is 0 Å². The number of unbranched alkanes of at least 4 members (excludes halogenated alkanes) is 12.